The molecule has 1 aromatic carbocycles. The largest absolute Gasteiger partial charge is 0.493 e. The van der Waals surface area contributed by atoms with Crippen molar-refractivity contribution in [1.82, 2.24) is 25.3 Å². The number of ether oxygens (including phenoxy) is 2. The molecule has 1 atom stereocenters. The zero-order valence-corrected chi connectivity index (χ0v) is 21.4. The lowest BCUT2D eigenvalue weighted by Crippen LogP contribution is -2.63. The maximum atomic E-state index is 13.3. The smallest absolute Gasteiger partial charge is 0.272 e. The molecule has 3 amide bonds. The van der Waals surface area contributed by atoms with Gasteiger partial charge in [0.05, 0.1) is 20.8 Å². The van der Waals surface area contributed by atoms with Crippen LogP contribution in [-0.2, 0) is 17.9 Å². The highest BCUT2D eigenvalue weighted by atomic mass is 16.5. The first kappa shape index (κ1) is 25.5. The summed E-state index contributed by atoms with van der Waals surface area (Å²) < 4.78 is 12.2. The van der Waals surface area contributed by atoms with Crippen LogP contribution in [0, 0.1) is 0 Å². The van der Waals surface area contributed by atoms with E-state index in [2.05, 4.69) is 15.7 Å². The number of hydrogen-bond acceptors (Lipinski definition) is 6. The molecule has 2 heterocycles. The van der Waals surface area contributed by atoms with Crippen LogP contribution in [0.4, 0.5) is 0 Å². The SMILES string of the molecule is COc1cccc(CNC(=O)c2cc3n(n2)CC(C)(C(=O)NC2CCCCCC2)N(C)C3=O)c1OC. The Labute approximate surface area is 211 Å². The van der Waals surface area contributed by atoms with Gasteiger partial charge >= 0.3 is 0 Å². The number of hydrogen-bond donors (Lipinski definition) is 2. The minimum Gasteiger partial charge on any atom is -0.493 e. The zero-order chi connectivity index (χ0) is 25.9. The fourth-order valence-electron chi connectivity index (χ4n) is 4.96. The van der Waals surface area contributed by atoms with Crippen molar-refractivity contribution in [2.75, 3.05) is 21.3 Å². The summed E-state index contributed by atoms with van der Waals surface area (Å²) in [6, 6.07) is 7.01. The predicted molar refractivity (Wildman–Crippen MR) is 133 cm³/mol. The number of nitrogens with one attached hydrogen (secondary N) is 2. The molecule has 2 N–H and O–H groups in total. The highest BCUT2D eigenvalue weighted by Gasteiger charge is 2.46. The average Bonchev–Trinajstić information content (AvgIpc) is 3.13. The fraction of sp³-hybridized carbons (Fsp3) is 0.538. The van der Waals surface area contributed by atoms with Crippen LogP contribution in [0.2, 0.25) is 0 Å². The lowest BCUT2D eigenvalue weighted by Gasteiger charge is -2.41. The number of fused-ring (bicyclic) bond motifs is 1. The van der Waals surface area contributed by atoms with Crippen LogP contribution in [0.15, 0.2) is 24.3 Å². The van der Waals surface area contributed by atoms with Crippen molar-refractivity contribution in [3.8, 4) is 11.5 Å². The van der Waals surface area contributed by atoms with Gasteiger partial charge in [0, 0.05) is 31.3 Å². The summed E-state index contributed by atoms with van der Waals surface area (Å²) in [6.45, 7) is 2.10. The lowest BCUT2D eigenvalue weighted by atomic mass is 9.95. The molecule has 0 saturated heterocycles. The second kappa shape index (κ2) is 10.6. The minimum atomic E-state index is -1.11. The molecule has 0 spiro atoms. The summed E-state index contributed by atoms with van der Waals surface area (Å²) in [7, 11) is 4.71. The zero-order valence-electron chi connectivity index (χ0n) is 21.4. The van der Waals surface area contributed by atoms with Gasteiger partial charge in [0.2, 0.25) is 5.91 Å². The van der Waals surface area contributed by atoms with E-state index in [-0.39, 0.29) is 42.3 Å². The molecular formula is C26H35N5O5. The van der Waals surface area contributed by atoms with Gasteiger partial charge in [-0.05, 0) is 25.8 Å². The van der Waals surface area contributed by atoms with Crippen molar-refractivity contribution >= 4 is 17.7 Å². The Bertz CT molecular complexity index is 1140. The first-order valence-electron chi connectivity index (χ1n) is 12.4. The Morgan fingerprint density at radius 3 is 2.53 bits per heavy atom. The van der Waals surface area contributed by atoms with Gasteiger partial charge in [-0.3, -0.25) is 19.1 Å². The number of aromatic nitrogens is 2. The Hall–Kier alpha value is -3.56. The summed E-state index contributed by atoms with van der Waals surface area (Å²) in [5, 5.41) is 10.4. The molecule has 2 aliphatic rings. The molecule has 10 nitrogen and oxygen atoms in total. The van der Waals surface area contributed by atoms with Crippen molar-refractivity contribution in [1.29, 1.82) is 0 Å². The Kier molecular flexibility index (Phi) is 7.51. The Balaban J connectivity index is 1.48. The maximum Gasteiger partial charge on any atom is 0.272 e. The van der Waals surface area contributed by atoms with E-state index in [1.165, 1.54) is 35.6 Å². The minimum absolute atomic E-state index is 0.113. The van der Waals surface area contributed by atoms with Crippen LogP contribution in [0.1, 0.15) is 72.0 Å². The second-order valence-electron chi connectivity index (χ2n) is 9.71. The Morgan fingerprint density at radius 1 is 1.14 bits per heavy atom. The fourth-order valence-corrected chi connectivity index (χ4v) is 4.96. The van der Waals surface area contributed by atoms with Gasteiger partial charge in [0.15, 0.2) is 17.2 Å². The van der Waals surface area contributed by atoms with E-state index in [9.17, 15) is 14.4 Å². The number of carbonyl (C=O) groups is 3. The molecule has 10 heteroatoms. The molecule has 36 heavy (non-hydrogen) atoms. The number of carbonyl (C=O) groups excluding carboxylic acids is 3. The van der Waals surface area contributed by atoms with Crippen LogP contribution < -0.4 is 20.1 Å². The molecule has 0 bridgehead atoms. The highest BCUT2D eigenvalue weighted by molar-refractivity contribution is 6.01. The van der Waals surface area contributed by atoms with E-state index < -0.39 is 11.4 Å². The third kappa shape index (κ3) is 4.89. The van der Waals surface area contributed by atoms with E-state index >= 15 is 0 Å². The van der Waals surface area contributed by atoms with Gasteiger partial charge in [-0.25, -0.2) is 0 Å². The highest BCUT2D eigenvalue weighted by Crippen LogP contribution is 2.31. The van der Waals surface area contributed by atoms with Crippen LogP contribution in [0.25, 0.3) is 0 Å². The Morgan fingerprint density at radius 2 is 1.86 bits per heavy atom. The van der Waals surface area contributed by atoms with E-state index in [1.54, 1.807) is 27.1 Å². The number of likely N-dealkylation sites (N-methyl/N-ethyl adjacent to an activating group) is 1. The molecule has 1 unspecified atom stereocenters. The quantitative estimate of drug-likeness (QED) is 0.568. The van der Waals surface area contributed by atoms with Gasteiger partial charge in [0.1, 0.15) is 11.2 Å². The van der Waals surface area contributed by atoms with Crippen molar-refractivity contribution in [3.05, 3.63) is 41.2 Å². The van der Waals surface area contributed by atoms with Crippen molar-refractivity contribution < 1.29 is 23.9 Å². The van der Waals surface area contributed by atoms with E-state index in [0.717, 1.165) is 31.2 Å². The molecule has 4 rings (SSSR count). The topological polar surface area (TPSA) is 115 Å². The summed E-state index contributed by atoms with van der Waals surface area (Å²) in [6.07, 6.45) is 6.48. The number of nitrogens with zero attached hydrogens (tertiary/aromatic N) is 3. The van der Waals surface area contributed by atoms with E-state index in [1.807, 2.05) is 12.1 Å². The monoisotopic (exact) mass is 497 g/mol. The van der Waals surface area contributed by atoms with E-state index in [4.69, 9.17) is 9.47 Å². The lowest BCUT2D eigenvalue weighted by molar-refractivity contribution is -0.133. The van der Waals surface area contributed by atoms with Gasteiger partial charge < -0.3 is 25.0 Å². The van der Waals surface area contributed by atoms with E-state index in [0.29, 0.717) is 11.5 Å². The van der Waals surface area contributed by atoms with Crippen LogP contribution in [0.3, 0.4) is 0 Å². The van der Waals surface area contributed by atoms with Crippen LogP contribution in [-0.4, -0.2) is 65.2 Å². The first-order chi connectivity index (χ1) is 17.3. The third-order valence-corrected chi connectivity index (χ3v) is 7.34. The standard InChI is InChI=1S/C26H35N5O5/c1-26(25(34)28-18-11-7-5-6-8-12-18)16-31-20(24(33)30(26)2)14-19(29-31)23(32)27-15-17-10-9-13-21(35-3)22(17)36-4/h9-10,13-14,18H,5-8,11-12,15-16H2,1-4H3,(H,27,32)(H,28,34). The number of rotatable bonds is 7. The third-order valence-electron chi connectivity index (χ3n) is 7.34. The molecule has 0 radical (unpaired) electrons. The molecule has 2 aromatic rings. The molecule has 1 fully saturated rings. The summed E-state index contributed by atoms with van der Waals surface area (Å²) in [5.74, 6) is 0.138. The van der Waals surface area contributed by atoms with Gasteiger partial charge in [0.25, 0.3) is 11.8 Å². The van der Waals surface area contributed by atoms with Gasteiger partial charge in [-0.1, -0.05) is 37.8 Å². The van der Waals surface area contributed by atoms with Crippen molar-refractivity contribution in [2.45, 2.75) is 70.1 Å². The van der Waals surface area contributed by atoms with Crippen LogP contribution in [0.5, 0.6) is 11.5 Å². The number of amides is 3. The molecule has 1 aromatic heterocycles. The molecule has 1 aliphatic carbocycles. The maximum absolute atomic E-state index is 13.3. The van der Waals surface area contributed by atoms with Crippen LogP contribution >= 0.6 is 0 Å². The van der Waals surface area contributed by atoms with Gasteiger partial charge in [-0.15, -0.1) is 0 Å². The first-order valence-corrected chi connectivity index (χ1v) is 12.4. The summed E-state index contributed by atoms with van der Waals surface area (Å²) >= 11 is 0. The summed E-state index contributed by atoms with van der Waals surface area (Å²) in [5.41, 5.74) is 0.0283. The number of para-hydroxylation sites is 1. The summed E-state index contributed by atoms with van der Waals surface area (Å²) in [4.78, 5) is 40.9. The number of benzene rings is 1. The molecule has 1 aliphatic heterocycles. The molecular weight excluding hydrogens is 462 g/mol. The molecule has 194 valence electrons. The number of methoxy groups -OCH3 is 2. The average molecular weight is 498 g/mol. The van der Waals surface area contributed by atoms with Crippen molar-refractivity contribution in [2.24, 2.45) is 0 Å². The predicted octanol–water partition coefficient (Wildman–Crippen LogP) is 2.51. The molecule has 1 saturated carbocycles. The van der Waals surface area contributed by atoms with Gasteiger partial charge in [-0.2, -0.15) is 5.10 Å². The normalized spacial score (nSPS) is 20.3. The van der Waals surface area contributed by atoms with Crippen molar-refractivity contribution in [3.63, 3.8) is 0 Å². The second-order valence-corrected chi connectivity index (χ2v) is 9.71.